The van der Waals surface area contributed by atoms with Crippen molar-refractivity contribution in [2.24, 2.45) is 0 Å². The van der Waals surface area contributed by atoms with Crippen LogP contribution in [-0.4, -0.2) is 60.8 Å². The Labute approximate surface area is 123 Å². The van der Waals surface area contributed by atoms with Crippen molar-refractivity contribution in [3.63, 3.8) is 0 Å². The number of ether oxygens (including phenoxy) is 1. The van der Waals surface area contributed by atoms with E-state index in [4.69, 9.17) is 7.80 Å². The van der Waals surface area contributed by atoms with Gasteiger partial charge in [-0.15, -0.1) is 0 Å². The molecule has 0 saturated carbocycles. The molecule has 1 fully saturated rings. The normalized spacial score (nSPS) is 21.1. The molecule has 0 radical (unpaired) electrons. The number of nitrogens with zero attached hydrogens (tertiary/aromatic N) is 2. The molecule has 5 nitrogen and oxygen atoms in total. The average molecular weight is 370 g/mol. The topological polar surface area (TPSA) is 42.0 Å². The molecule has 1 amide bonds. The smallest absolute Gasteiger partial charge is 0.410 e. The van der Waals surface area contributed by atoms with E-state index < -0.39 is 5.60 Å². The molecule has 6 heteroatoms. The van der Waals surface area contributed by atoms with Crippen LogP contribution in [0.3, 0.4) is 0 Å². The Morgan fingerprint density at radius 1 is 1.50 bits per heavy atom. The van der Waals surface area contributed by atoms with Gasteiger partial charge in [-0.05, 0) is 27.2 Å². The molecule has 1 unspecified atom stereocenters. The van der Waals surface area contributed by atoms with E-state index in [9.17, 15) is 4.79 Å². The van der Waals surface area contributed by atoms with Crippen LogP contribution in [-0.2, 0) is 7.80 Å². The third kappa shape index (κ3) is 5.27. The van der Waals surface area contributed by atoms with Gasteiger partial charge < -0.3 is 12.7 Å². The van der Waals surface area contributed by atoms with Gasteiger partial charge in [-0.3, -0.25) is 4.90 Å². The van der Waals surface area contributed by atoms with Crippen molar-refractivity contribution in [2.45, 2.75) is 38.8 Å². The molecule has 0 aliphatic carbocycles. The first-order chi connectivity index (χ1) is 8.33. The van der Waals surface area contributed by atoms with E-state index in [1.165, 1.54) is 0 Å². The fourth-order valence-electron chi connectivity index (χ4n) is 1.98. The lowest BCUT2D eigenvalue weighted by molar-refractivity contribution is 0.0228. The minimum atomic E-state index is -0.432. The van der Waals surface area contributed by atoms with E-state index in [1.54, 1.807) is 4.90 Å². The second kappa shape index (κ2) is 6.91. The van der Waals surface area contributed by atoms with Gasteiger partial charge in [-0.2, -0.15) is 0 Å². The van der Waals surface area contributed by atoms with Crippen LogP contribution >= 0.6 is 23.0 Å². The molecule has 1 aliphatic heterocycles. The van der Waals surface area contributed by atoms with Crippen LogP contribution in [0.5, 0.6) is 0 Å². The van der Waals surface area contributed by atoms with Crippen molar-refractivity contribution in [1.82, 2.24) is 9.80 Å². The first-order valence-corrected chi connectivity index (χ1v) is 7.13. The SMILES string of the molecule is CN(C(=O)OC(C)(C)C)C1CCN(CCOI)C1. The summed E-state index contributed by atoms with van der Waals surface area (Å²) in [7, 11) is 1.82. The highest BCUT2D eigenvalue weighted by molar-refractivity contribution is 14.1. The summed E-state index contributed by atoms with van der Waals surface area (Å²) in [4.78, 5) is 16.0. The predicted molar refractivity (Wildman–Crippen MR) is 78.8 cm³/mol. The molecule has 0 spiro atoms. The fourth-order valence-corrected chi connectivity index (χ4v) is 2.17. The second-order valence-corrected chi connectivity index (χ2v) is 6.27. The van der Waals surface area contributed by atoms with Crippen molar-refractivity contribution >= 4 is 29.1 Å². The van der Waals surface area contributed by atoms with Crippen LogP contribution in [0, 0.1) is 0 Å². The number of likely N-dealkylation sites (tertiary alicyclic amines) is 1. The molecule has 0 bridgehead atoms. The van der Waals surface area contributed by atoms with E-state index in [2.05, 4.69) is 4.90 Å². The Morgan fingerprint density at radius 3 is 2.72 bits per heavy atom. The van der Waals surface area contributed by atoms with E-state index in [-0.39, 0.29) is 12.1 Å². The number of carbonyl (C=O) groups excluding carboxylic acids is 1. The quantitative estimate of drug-likeness (QED) is 0.713. The van der Waals surface area contributed by atoms with Gasteiger partial charge in [0.25, 0.3) is 0 Å². The molecule has 0 aromatic rings. The summed E-state index contributed by atoms with van der Waals surface area (Å²) in [6.45, 7) is 9.21. The maximum atomic E-state index is 11.9. The van der Waals surface area contributed by atoms with E-state index in [0.717, 1.165) is 32.7 Å². The predicted octanol–water partition coefficient (Wildman–Crippen LogP) is 2.29. The zero-order chi connectivity index (χ0) is 13.8. The molecule has 0 aromatic heterocycles. The number of halogens is 1. The van der Waals surface area contributed by atoms with Crippen molar-refractivity contribution in [1.29, 1.82) is 0 Å². The van der Waals surface area contributed by atoms with Crippen molar-refractivity contribution in [3.05, 3.63) is 0 Å². The number of likely N-dealkylation sites (N-methyl/N-ethyl adjacent to an activating group) is 1. The van der Waals surface area contributed by atoms with E-state index >= 15 is 0 Å². The van der Waals surface area contributed by atoms with E-state index in [1.807, 2.05) is 50.8 Å². The first-order valence-electron chi connectivity index (χ1n) is 6.25. The minimum Gasteiger partial charge on any atom is -0.444 e. The molecule has 0 aromatic carbocycles. The van der Waals surface area contributed by atoms with Crippen LogP contribution in [0.15, 0.2) is 0 Å². The zero-order valence-electron chi connectivity index (χ0n) is 11.6. The summed E-state index contributed by atoms with van der Waals surface area (Å²) in [6.07, 6.45) is 0.760. The number of rotatable bonds is 4. The number of hydrogen-bond acceptors (Lipinski definition) is 4. The molecule has 18 heavy (non-hydrogen) atoms. The molecule has 1 atom stereocenters. The summed E-state index contributed by atoms with van der Waals surface area (Å²) >= 11 is 1.91. The van der Waals surface area contributed by atoms with Crippen LogP contribution in [0.25, 0.3) is 0 Å². The van der Waals surface area contributed by atoms with Gasteiger partial charge in [0, 0.05) is 32.7 Å². The Bertz CT molecular complexity index is 281. The van der Waals surface area contributed by atoms with Crippen molar-refractivity contribution in [2.75, 3.05) is 33.3 Å². The largest absolute Gasteiger partial charge is 0.444 e. The molecular weight excluding hydrogens is 347 g/mol. The van der Waals surface area contributed by atoms with Crippen LogP contribution < -0.4 is 0 Å². The summed E-state index contributed by atoms with van der Waals surface area (Å²) in [5.74, 6) is 0. The zero-order valence-corrected chi connectivity index (χ0v) is 13.8. The van der Waals surface area contributed by atoms with Crippen LogP contribution in [0.4, 0.5) is 4.79 Å². The lowest BCUT2D eigenvalue weighted by Crippen LogP contribution is -2.42. The van der Waals surface area contributed by atoms with Crippen molar-refractivity contribution < 1.29 is 12.6 Å². The van der Waals surface area contributed by atoms with Gasteiger partial charge in [0.05, 0.1) is 6.61 Å². The maximum Gasteiger partial charge on any atom is 0.410 e. The highest BCUT2D eigenvalue weighted by Gasteiger charge is 2.30. The Balaban J connectivity index is 2.39. The monoisotopic (exact) mass is 370 g/mol. The molecule has 106 valence electrons. The van der Waals surface area contributed by atoms with Crippen LogP contribution in [0.1, 0.15) is 27.2 Å². The number of carbonyl (C=O) groups is 1. The number of hydrogen-bond donors (Lipinski definition) is 0. The first kappa shape index (κ1) is 16.0. The fraction of sp³-hybridized carbons (Fsp3) is 0.917. The second-order valence-electron chi connectivity index (χ2n) is 5.65. The summed E-state index contributed by atoms with van der Waals surface area (Å²) in [6, 6.07) is 0.245. The third-order valence-corrected chi connectivity index (χ3v) is 3.40. The molecular formula is C12H23IN2O3. The number of amides is 1. The van der Waals surface area contributed by atoms with Crippen molar-refractivity contribution in [3.8, 4) is 0 Å². The lowest BCUT2D eigenvalue weighted by Gasteiger charge is -2.28. The molecule has 0 N–H and O–H groups in total. The molecule has 1 aliphatic rings. The van der Waals surface area contributed by atoms with Gasteiger partial charge in [0.1, 0.15) is 28.6 Å². The minimum absolute atomic E-state index is 0.237. The van der Waals surface area contributed by atoms with Crippen LogP contribution in [0.2, 0.25) is 0 Å². The summed E-state index contributed by atoms with van der Waals surface area (Å²) < 4.78 is 10.4. The molecule has 1 rings (SSSR count). The highest BCUT2D eigenvalue weighted by Crippen LogP contribution is 2.17. The summed E-state index contributed by atoms with van der Waals surface area (Å²) in [5, 5.41) is 0. The Hall–Kier alpha value is -0.0800. The average Bonchev–Trinajstić information content (AvgIpc) is 2.71. The Morgan fingerprint density at radius 2 is 2.17 bits per heavy atom. The van der Waals surface area contributed by atoms with Gasteiger partial charge in [-0.1, -0.05) is 0 Å². The molecule has 1 heterocycles. The van der Waals surface area contributed by atoms with Gasteiger partial charge in [0.15, 0.2) is 0 Å². The van der Waals surface area contributed by atoms with Gasteiger partial charge >= 0.3 is 6.09 Å². The van der Waals surface area contributed by atoms with Gasteiger partial charge in [0.2, 0.25) is 0 Å². The Kier molecular flexibility index (Phi) is 6.13. The summed E-state index contributed by atoms with van der Waals surface area (Å²) in [5.41, 5.74) is -0.432. The standard InChI is InChI=1S/C12H23IN2O3/c1-12(2,3)18-11(16)14(4)10-5-6-15(9-10)7-8-17-13/h10H,5-9H2,1-4H3. The maximum absolute atomic E-state index is 11.9. The van der Waals surface area contributed by atoms with Gasteiger partial charge in [-0.25, -0.2) is 4.79 Å². The lowest BCUT2D eigenvalue weighted by atomic mass is 10.2. The van der Waals surface area contributed by atoms with E-state index in [0.29, 0.717) is 0 Å². The highest BCUT2D eigenvalue weighted by atomic mass is 127. The molecule has 1 saturated heterocycles. The third-order valence-electron chi connectivity index (χ3n) is 2.96.